The van der Waals surface area contributed by atoms with E-state index in [-0.39, 0.29) is 5.54 Å². The van der Waals surface area contributed by atoms with Crippen LogP contribution >= 0.6 is 15.9 Å². The number of hydrogen-bond donors (Lipinski definition) is 0. The van der Waals surface area contributed by atoms with Crippen LogP contribution in [0.3, 0.4) is 0 Å². The molecule has 0 aliphatic heterocycles. The van der Waals surface area contributed by atoms with E-state index in [9.17, 15) is 4.79 Å². The highest BCUT2D eigenvalue weighted by molar-refractivity contribution is 9.10. The first kappa shape index (κ1) is 11.6. The molecule has 3 heteroatoms. The van der Waals surface area contributed by atoms with Crippen molar-refractivity contribution < 1.29 is 4.79 Å². The molecular formula is C13H14BrNO. The van der Waals surface area contributed by atoms with E-state index in [0.717, 1.165) is 35.7 Å². The Kier molecular flexibility index (Phi) is 3.27. The molecule has 0 saturated heterocycles. The fourth-order valence-electron chi connectivity index (χ4n) is 2.52. The van der Waals surface area contributed by atoms with Crippen molar-refractivity contribution in [2.45, 2.75) is 38.1 Å². The highest BCUT2D eigenvalue weighted by atomic mass is 79.9. The lowest BCUT2D eigenvalue weighted by atomic mass is 9.88. The molecule has 84 valence electrons. The maximum absolute atomic E-state index is 10.6. The summed E-state index contributed by atoms with van der Waals surface area (Å²) in [5, 5.41) is 0. The van der Waals surface area contributed by atoms with Gasteiger partial charge in [0.05, 0.1) is 5.54 Å². The van der Waals surface area contributed by atoms with E-state index in [0.29, 0.717) is 0 Å². The van der Waals surface area contributed by atoms with Crippen LogP contribution in [0.1, 0.15) is 36.8 Å². The molecule has 1 aromatic rings. The Bertz CT molecular complexity index is 423. The van der Waals surface area contributed by atoms with Crippen LogP contribution in [0.5, 0.6) is 0 Å². The van der Waals surface area contributed by atoms with Crippen molar-refractivity contribution in [1.29, 1.82) is 0 Å². The summed E-state index contributed by atoms with van der Waals surface area (Å²) < 4.78 is 1.05. The van der Waals surface area contributed by atoms with Gasteiger partial charge in [-0.2, -0.15) is 4.99 Å². The van der Waals surface area contributed by atoms with Gasteiger partial charge in [0.25, 0.3) is 0 Å². The van der Waals surface area contributed by atoms with Gasteiger partial charge in [-0.3, -0.25) is 0 Å². The molecule has 1 saturated carbocycles. The molecule has 0 N–H and O–H groups in total. The Hall–Kier alpha value is -0.920. The molecule has 0 unspecified atom stereocenters. The van der Waals surface area contributed by atoms with Gasteiger partial charge in [0.2, 0.25) is 6.08 Å². The van der Waals surface area contributed by atoms with Gasteiger partial charge in [0.15, 0.2) is 0 Å². The maximum atomic E-state index is 10.6. The molecular weight excluding hydrogens is 266 g/mol. The van der Waals surface area contributed by atoms with Gasteiger partial charge in [0.1, 0.15) is 0 Å². The van der Waals surface area contributed by atoms with Gasteiger partial charge < -0.3 is 0 Å². The number of isocyanates is 1. The molecule has 0 bridgehead atoms. The first-order chi connectivity index (χ1) is 7.66. The highest BCUT2D eigenvalue weighted by Gasteiger charge is 2.35. The molecule has 0 amide bonds. The highest BCUT2D eigenvalue weighted by Crippen LogP contribution is 2.42. The number of nitrogens with zero attached hydrogens (tertiary/aromatic N) is 1. The molecule has 1 fully saturated rings. The van der Waals surface area contributed by atoms with Crippen LogP contribution in [0.4, 0.5) is 0 Å². The second-order valence-electron chi connectivity index (χ2n) is 4.46. The van der Waals surface area contributed by atoms with Gasteiger partial charge in [-0.25, -0.2) is 4.79 Å². The summed E-state index contributed by atoms with van der Waals surface area (Å²) in [4.78, 5) is 14.7. The third kappa shape index (κ3) is 2.11. The van der Waals surface area contributed by atoms with Gasteiger partial charge in [-0.05, 0) is 43.0 Å². The first-order valence-electron chi connectivity index (χ1n) is 5.53. The van der Waals surface area contributed by atoms with Gasteiger partial charge >= 0.3 is 0 Å². The normalized spacial score (nSPS) is 18.1. The van der Waals surface area contributed by atoms with Crippen molar-refractivity contribution in [2.75, 3.05) is 0 Å². The summed E-state index contributed by atoms with van der Waals surface area (Å²) in [5.74, 6) is 0. The molecule has 0 aromatic heterocycles. The first-order valence-corrected chi connectivity index (χ1v) is 6.32. The molecule has 16 heavy (non-hydrogen) atoms. The van der Waals surface area contributed by atoms with E-state index in [4.69, 9.17) is 0 Å². The van der Waals surface area contributed by atoms with Crippen molar-refractivity contribution in [3.8, 4) is 0 Å². The Balaban J connectivity index is 2.50. The Morgan fingerprint density at radius 3 is 2.56 bits per heavy atom. The summed E-state index contributed by atoms with van der Waals surface area (Å²) >= 11 is 3.50. The lowest BCUT2D eigenvalue weighted by Gasteiger charge is -2.23. The predicted molar refractivity (Wildman–Crippen MR) is 67.1 cm³/mol. The molecule has 2 rings (SSSR count). The lowest BCUT2D eigenvalue weighted by Crippen LogP contribution is -2.19. The monoisotopic (exact) mass is 279 g/mol. The van der Waals surface area contributed by atoms with Crippen LogP contribution < -0.4 is 0 Å². The number of rotatable bonds is 2. The standard InChI is InChI=1S/C13H14BrNO/c1-10-6-11(8-12(14)7-10)13(15-9-16)4-2-3-5-13/h6-8H,2-5H2,1H3. The van der Waals surface area contributed by atoms with Gasteiger partial charge in [-0.1, -0.05) is 34.8 Å². The largest absolute Gasteiger partial charge is 0.235 e. The maximum Gasteiger partial charge on any atom is 0.235 e. The van der Waals surface area contributed by atoms with E-state index in [2.05, 4.69) is 46.0 Å². The molecule has 1 aliphatic carbocycles. The summed E-state index contributed by atoms with van der Waals surface area (Å²) in [6.07, 6.45) is 5.93. The third-order valence-corrected chi connectivity index (χ3v) is 3.73. The number of aryl methyl sites for hydroxylation is 1. The van der Waals surface area contributed by atoms with Crippen LogP contribution in [-0.2, 0) is 10.3 Å². The summed E-state index contributed by atoms with van der Waals surface area (Å²) in [7, 11) is 0. The van der Waals surface area contributed by atoms with E-state index in [1.807, 2.05) is 0 Å². The van der Waals surface area contributed by atoms with Gasteiger partial charge in [-0.15, -0.1) is 0 Å². The van der Waals surface area contributed by atoms with Crippen molar-refractivity contribution in [1.82, 2.24) is 0 Å². The second kappa shape index (κ2) is 4.52. The quantitative estimate of drug-likeness (QED) is 0.597. The third-order valence-electron chi connectivity index (χ3n) is 3.27. The minimum Gasteiger partial charge on any atom is -0.211 e. The summed E-state index contributed by atoms with van der Waals surface area (Å²) in [6, 6.07) is 6.26. The molecule has 0 spiro atoms. The average molecular weight is 280 g/mol. The number of hydrogen-bond acceptors (Lipinski definition) is 2. The van der Waals surface area contributed by atoms with Crippen LogP contribution in [0.2, 0.25) is 0 Å². The topological polar surface area (TPSA) is 29.4 Å². The van der Waals surface area contributed by atoms with Crippen LogP contribution in [0.15, 0.2) is 27.7 Å². The SMILES string of the molecule is Cc1cc(Br)cc(C2(N=C=O)CCCC2)c1. The number of aliphatic imine (C=N–C) groups is 1. The van der Waals surface area contributed by atoms with Crippen LogP contribution in [-0.4, -0.2) is 6.08 Å². The Labute approximate surface area is 104 Å². The van der Waals surface area contributed by atoms with E-state index >= 15 is 0 Å². The summed E-state index contributed by atoms with van der Waals surface area (Å²) in [5.41, 5.74) is 2.02. The van der Waals surface area contributed by atoms with Crippen molar-refractivity contribution in [3.05, 3.63) is 33.8 Å². The number of halogens is 1. The fourth-order valence-corrected chi connectivity index (χ4v) is 3.13. The predicted octanol–water partition coefficient (Wildman–Crippen LogP) is 3.86. The van der Waals surface area contributed by atoms with E-state index in [1.54, 1.807) is 6.08 Å². The minimum atomic E-state index is -0.309. The van der Waals surface area contributed by atoms with E-state index < -0.39 is 0 Å². The zero-order valence-electron chi connectivity index (χ0n) is 9.29. The van der Waals surface area contributed by atoms with Gasteiger partial charge in [0, 0.05) is 4.47 Å². The molecule has 0 atom stereocenters. The average Bonchev–Trinajstić information content (AvgIpc) is 2.66. The van der Waals surface area contributed by atoms with E-state index in [1.165, 1.54) is 5.56 Å². The second-order valence-corrected chi connectivity index (χ2v) is 5.37. The molecule has 2 nitrogen and oxygen atoms in total. The van der Waals surface area contributed by atoms with Crippen molar-refractivity contribution in [3.63, 3.8) is 0 Å². The lowest BCUT2D eigenvalue weighted by molar-refractivity contribution is 0.455. The smallest absolute Gasteiger partial charge is 0.211 e. The number of carbonyl (C=O) groups excluding carboxylic acids is 1. The van der Waals surface area contributed by atoms with Crippen LogP contribution in [0, 0.1) is 6.92 Å². The summed E-state index contributed by atoms with van der Waals surface area (Å²) in [6.45, 7) is 2.06. The zero-order valence-corrected chi connectivity index (χ0v) is 10.9. The molecule has 1 aliphatic rings. The molecule has 0 radical (unpaired) electrons. The van der Waals surface area contributed by atoms with Crippen molar-refractivity contribution >= 4 is 22.0 Å². The Morgan fingerprint density at radius 2 is 2.00 bits per heavy atom. The number of benzene rings is 1. The zero-order chi connectivity index (χ0) is 11.6. The Morgan fingerprint density at radius 1 is 1.31 bits per heavy atom. The van der Waals surface area contributed by atoms with Crippen LogP contribution in [0.25, 0.3) is 0 Å². The molecule has 1 aromatic carbocycles. The molecule has 0 heterocycles. The minimum absolute atomic E-state index is 0.309. The fraction of sp³-hybridized carbons (Fsp3) is 0.462. The van der Waals surface area contributed by atoms with Crippen molar-refractivity contribution in [2.24, 2.45) is 4.99 Å².